The van der Waals surface area contributed by atoms with Gasteiger partial charge in [-0.05, 0) is 25.2 Å². The van der Waals surface area contributed by atoms with E-state index in [1.165, 1.54) is 12.8 Å². The fraction of sp³-hybridized carbons (Fsp3) is 0.900. The highest BCUT2D eigenvalue weighted by Gasteiger charge is 1.93. The topological polar surface area (TPSA) is 9.23 Å². The maximum atomic E-state index is 5.38. The Hall–Kier alpha value is -0.0400. The van der Waals surface area contributed by atoms with Crippen LogP contribution in [0.4, 0.5) is 0 Å². The first-order valence-electron chi connectivity index (χ1n) is 4.64. The SMILES string of the molecule is [CH2]CCCOCCCC(C)C. The summed E-state index contributed by atoms with van der Waals surface area (Å²) in [5.41, 5.74) is 0. The molecule has 0 rings (SSSR count). The molecule has 0 fully saturated rings. The average molecular weight is 157 g/mol. The van der Waals surface area contributed by atoms with Gasteiger partial charge in [0.05, 0.1) is 0 Å². The summed E-state index contributed by atoms with van der Waals surface area (Å²) in [5, 5.41) is 0. The van der Waals surface area contributed by atoms with E-state index in [4.69, 9.17) is 4.74 Å². The lowest BCUT2D eigenvalue weighted by atomic mass is 10.1. The molecule has 11 heavy (non-hydrogen) atoms. The van der Waals surface area contributed by atoms with Crippen LogP contribution >= 0.6 is 0 Å². The van der Waals surface area contributed by atoms with Gasteiger partial charge in [-0.3, -0.25) is 0 Å². The third kappa shape index (κ3) is 9.96. The van der Waals surface area contributed by atoms with Gasteiger partial charge in [0.1, 0.15) is 0 Å². The lowest BCUT2D eigenvalue weighted by Gasteiger charge is -2.04. The van der Waals surface area contributed by atoms with Crippen LogP contribution in [0.15, 0.2) is 0 Å². The Morgan fingerprint density at radius 2 is 1.82 bits per heavy atom. The van der Waals surface area contributed by atoms with Crippen molar-refractivity contribution in [1.82, 2.24) is 0 Å². The highest BCUT2D eigenvalue weighted by molar-refractivity contribution is 4.45. The molecule has 1 nitrogen and oxygen atoms in total. The summed E-state index contributed by atoms with van der Waals surface area (Å²) in [6.45, 7) is 10.1. The van der Waals surface area contributed by atoms with Gasteiger partial charge in [-0.25, -0.2) is 0 Å². The summed E-state index contributed by atoms with van der Waals surface area (Å²) in [7, 11) is 0. The molecule has 0 atom stereocenters. The van der Waals surface area contributed by atoms with Gasteiger partial charge in [-0.1, -0.05) is 27.2 Å². The minimum absolute atomic E-state index is 0.812. The van der Waals surface area contributed by atoms with Crippen molar-refractivity contribution in [3.8, 4) is 0 Å². The van der Waals surface area contributed by atoms with Crippen molar-refractivity contribution in [1.29, 1.82) is 0 Å². The van der Waals surface area contributed by atoms with Gasteiger partial charge in [-0.2, -0.15) is 0 Å². The fourth-order valence-corrected chi connectivity index (χ4v) is 0.900. The standard InChI is InChI=1S/C10H21O/c1-4-5-8-11-9-6-7-10(2)3/h10H,1,4-9H2,2-3H3. The first-order chi connectivity index (χ1) is 5.27. The maximum Gasteiger partial charge on any atom is 0.0466 e. The molecule has 0 unspecified atom stereocenters. The molecule has 0 saturated carbocycles. The zero-order chi connectivity index (χ0) is 8.53. The van der Waals surface area contributed by atoms with E-state index >= 15 is 0 Å². The van der Waals surface area contributed by atoms with Crippen LogP contribution in [0.25, 0.3) is 0 Å². The number of ether oxygens (including phenoxy) is 1. The minimum atomic E-state index is 0.812. The normalized spacial score (nSPS) is 10.9. The molecule has 0 aliphatic rings. The molecule has 1 radical (unpaired) electrons. The molecule has 0 heterocycles. The van der Waals surface area contributed by atoms with E-state index < -0.39 is 0 Å². The third-order valence-corrected chi connectivity index (χ3v) is 1.61. The summed E-state index contributed by atoms with van der Waals surface area (Å²) in [6, 6.07) is 0. The summed E-state index contributed by atoms with van der Waals surface area (Å²) in [4.78, 5) is 0. The van der Waals surface area contributed by atoms with Gasteiger partial charge in [-0.15, -0.1) is 0 Å². The third-order valence-electron chi connectivity index (χ3n) is 1.61. The van der Waals surface area contributed by atoms with Gasteiger partial charge in [0.2, 0.25) is 0 Å². The second kappa shape index (κ2) is 8.06. The number of rotatable bonds is 7. The monoisotopic (exact) mass is 157 g/mol. The molecule has 0 spiro atoms. The van der Waals surface area contributed by atoms with Crippen LogP contribution in [-0.4, -0.2) is 13.2 Å². The van der Waals surface area contributed by atoms with Crippen LogP contribution in [0, 0.1) is 12.8 Å². The number of hydrogen-bond acceptors (Lipinski definition) is 1. The summed E-state index contributed by atoms with van der Waals surface area (Å²) in [5.74, 6) is 0.812. The molecule has 67 valence electrons. The molecule has 0 saturated heterocycles. The number of hydrogen-bond donors (Lipinski definition) is 0. The van der Waals surface area contributed by atoms with Gasteiger partial charge in [0.15, 0.2) is 0 Å². The second-order valence-corrected chi connectivity index (χ2v) is 3.36. The van der Waals surface area contributed by atoms with Crippen molar-refractivity contribution in [2.45, 2.75) is 39.5 Å². The smallest absolute Gasteiger partial charge is 0.0466 e. The largest absolute Gasteiger partial charge is 0.381 e. The molecule has 0 aromatic heterocycles. The van der Waals surface area contributed by atoms with Gasteiger partial charge in [0.25, 0.3) is 0 Å². The molecule has 0 aliphatic carbocycles. The van der Waals surface area contributed by atoms with E-state index in [-0.39, 0.29) is 0 Å². The molecule has 0 bridgehead atoms. The van der Waals surface area contributed by atoms with Crippen LogP contribution in [0.1, 0.15) is 39.5 Å². The quantitative estimate of drug-likeness (QED) is 0.516. The Kier molecular flexibility index (Phi) is 8.03. The van der Waals surface area contributed by atoms with E-state index in [1.807, 2.05) is 0 Å². The molecule has 0 N–H and O–H groups in total. The lowest BCUT2D eigenvalue weighted by molar-refractivity contribution is 0.126. The van der Waals surface area contributed by atoms with Crippen molar-refractivity contribution >= 4 is 0 Å². The zero-order valence-corrected chi connectivity index (χ0v) is 7.94. The molecule has 0 amide bonds. The van der Waals surface area contributed by atoms with Gasteiger partial charge >= 0.3 is 0 Å². The van der Waals surface area contributed by atoms with Crippen molar-refractivity contribution < 1.29 is 4.74 Å². The number of unbranched alkanes of at least 4 members (excludes halogenated alkanes) is 1. The van der Waals surface area contributed by atoms with E-state index in [2.05, 4.69) is 20.8 Å². The summed E-state index contributed by atoms with van der Waals surface area (Å²) < 4.78 is 5.38. The molecule has 1 heteroatoms. The van der Waals surface area contributed by atoms with Crippen LogP contribution in [0.5, 0.6) is 0 Å². The maximum absolute atomic E-state index is 5.38. The van der Waals surface area contributed by atoms with Crippen molar-refractivity contribution in [2.24, 2.45) is 5.92 Å². The second-order valence-electron chi connectivity index (χ2n) is 3.36. The Morgan fingerprint density at radius 1 is 1.18 bits per heavy atom. The summed E-state index contributed by atoms with van der Waals surface area (Å²) in [6.07, 6.45) is 4.57. The predicted octanol–water partition coefficient (Wildman–Crippen LogP) is 3.05. The first-order valence-corrected chi connectivity index (χ1v) is 4.64. The molecule has 0 aromatic carbocycles. The summed E-state index contributed by atoms with van der Waals surface area (Å²) >= 11 is 0. The first kappa shape index (κ1) is 11.0. The van der Waals surface area contributed by atoms with Crippen molar-refractivity contribution in [3.63, 3.8) is 0 Å². The molecular weight excluding hydrogens is 136 g/mol. The Labute approximate surface area is 71.1 Å². The van der Waals surface area contributed by atoms with E-state index in [0.717, 1.165) is 32.0 Å². The van der Waals surface area contributed by atoms with Gasteiger partial charge in [0, 0.05) is 13.2 Å². The van der Waals surface area contributed by atoms with E-state index in [1.54, 1.807) is 0 Å². The van der Waals surface area contributed by atoms with E-state index in [0.29, 0.717) is 0 Å². The highest BCUT2D eigenvalue weighted by Crippen LogP contribution is 2.03. The fourth-order valence-electron chi connectivity index (χ4n) is 0.900. The highest BCUT2D eigenvalue weighted by atomic mass is 16.5. The average Bonchev–Trinajstić information content (AvgIpc) is 1.96. The van der Waals surface area contributed by atoms with E-state index in [9.17, 15) is 0 Å². The minimum Gasteiger partial charge on any atom is -0.381 e. The van der Waals surface area contributed by atoms with Crippen LogP contribution in [0.3, 0.4) is 0 Å². The Bertz CT molecular complexity index is 69.3. The van der Waals surface area contributed by atoms with Gasteiger partial charge < -0.3 is 4.74 Å². The Balaban J connectivity index is 2.80. The molecule has 0 aromatic rings. The molecule has 0 aliphatic heterocycles. The van der Waals surface area contributed by atoms with Crippen LogP contribution in [0.2, 0.25) is 0 Å². The molecular formula is C10H21O. The lowest BCUT2D eigenvalue weighted by Crippen LogP contribution is -1.98. The van der Waals surface area contributed by atoms with Crippen LogP contribution < -0.4 is 0 Å². The Morgan fingerprint density at radius 3 is 2.36 bits per heavy atom. The van der Waals surface area contributed by atoms with Crippen LogP contribution in [-0.2, 0) is 4.74 Å². The zero-order valence-electron chi connectivity index (χ0n) is 7.94. The van der Waals surface area contributed by atoms with Crippen molar-refractivity contribution in [2.75, 3.05) is 13.2 Å². The predicted molar refractivity (Wildman–Crippen MR) is 49.5 cm³/mol. The van der Waals surface area contributed by atoms with Crippen molar-refractivity contribution in [3.05, 3.63) is 6.92 Å².